The van der Waals surface area contributed by atoms with Gasteiger partial charge in [0.2, 0.25) is 0 Å². The number of ketones is 1. The third-order valence-corrected chi connectivity index (χ3v) is 7.24. The third-order valence-electron chi connectivity index (χ3n) is 6.81. The Morgan fingerprint density at radius 2 is 2.08 bits per heavy atom. The number of nitrogens with two attached hydrogens (primary N) is 1. The highest BCUT2D eigenvalue weighted by Crippen LogP contribution is 2.38. The molecule has 1 aromatic carbocycles. The van der Waals surface area contributed by atoms with E-state index in [0.29, 0.717) is 43.9 Å². The van der Waals surface area contributed by atoms with Gasteiger partial charge in [0.15, 0.2) is 5.78 Å². The molecule has 36 heavy (non-hydrogen) atoms. The Bertz CT molecular complexity index is 1230. The molecule has 10 heteroatoms. The minimum atomic E-state index is -0.299. The number of Topliss-reactive ketones (excluding diaryl/α,β-unsaturated/α-hetero) is 1. The summed E-state index contributed by atoms with van der Waals surface area (Å²) in [4.78, 5) is 30.0. The van der Waals surface area contributed by atoms with Gasteiger partial charge in [0, 0.05) is 50.1 Å². The maximum absolute atomic E-state index is 15.0. The van der Waals surface area contributed by atoms with E-state index in [1.165, 1.54) is 20.1 Å². The van der Waals surface area contributed by atoms with Crippen molar-refractivity contribution in [3.63, 3.8) is 0 Å². The van der Waals surface area contributed by atoms with Gasteiger partial charge in [-0.15, -0.1) is 0 Å². The average Bonchev–Trinajstić information content (AvgIpc) is 3.13. The normalized spacial score (nSPS) is 19.2. The predicted octanol–water partition coefficient (Wildman–Crippen LogP) is 3.57. The van der Waals surface area contributed by atoms with E-state index in [1.807, 2.05) is 20.0 Å². The smallest absolute Gasteiger partial charge is 0.318 e. The summed E-state index contributed by atoms with van der Waals surface area (Å²) in [6, 6.07) is 5.36. The molecule has 2 aliphatic heterocycles. The lowest BCUT2D eigenvalue weighted by Crippen LogP contribution is -2.37. The number of hydrogen-bond acceptors (Lipinski definition) is 8. The molecule has 0 saturated heterocycles. The van der Waals surface area contributed by atoms with Gasteiger partial charge in [0.05, 0.1) is 35.8 Å². The number of carbonyl (C=O) groups excluding carboxylic acids is 1. The SMILES string of the molecule is CCc1cccc(F)c1C1Cc2nc(OC)nc(N3CCCN=C(/C(Cl)=C(\N)C(C)=O)C3)c2CN1C. The highest BCUT2D eigenvalue weighted by molar-refractivity contribution is 6.45. The molecule has 0 amide bonds. The molecule has 2 N–H and O–H groups in total. The molecule has 0 saturated carbocycles. The maximum Gasteiger partial charge on any atom is 0.318 e. The number of benzene rings is 1. The molecule has 2 aliphatic rings. The molecule has 2 aromatic rings. The molecule has 0 aliphatic carbocycles. The number of hydrogen-bond donors (Lipinski definition) is 1. The number of halogens is 2. The first kappa shape index (κ1) is 26.0. The van der Waals surface area contributed by atoms with Crippen molar-refractivity contribution < 1.29 is 13.9 Å². The lowest BCUT2D eigenvalue weighted by atomic mass is 9.89. The van der Waals surface area contributed by atoms with Crippen molar-refractivity contribution in [2.75, 3.05) is 38.7 Å². The second kappa shape index (κ2) is 10.9. The summed E-state index contributed by atoms with van der Waals surface area (Å²) in [5.41, 5.74) is 9.98. The molecule has 3 heterocycles. The average molecular weight is 515 g/mol. The molecule has 1 atom stereocenters. The van der Waals surface area contributed by atoms with E-state index in [4.69, 9.17) is 27.1 Å². The Labute approximate surface area is 216 Å². The Hall–Kier alpha value is -3.04. The molecule has 1 unspecified atom stereocenters. The summed E-state index contributed by atoms with van der Waals surface area (Å²) < 4.78 is 20.5. The molecular weight excluding hydrogens is 483 g/mol. The summed E-state index contributed by atoms with van der Waals surface area (Å²) in [5.74, 6) is 0.229. The van der Waals surface area contributed by atoms with E-state index in [9.17, 15) is 4.79 Å². The van der Waals surface area contributed by atoms with Gasteiger partial charge >= 0.3 is 6.01 Å². The van der Waals surface area contributed by atoms with Crippen LogP contribution in [0.1, 0.15) is 48.7 Å². The first-order chi connectivity index (χ1) is 17.2. The fourth-order valence-corrected chi connectivity index (χ4v) is 5.13. The van der Waals surface area contributed by atoms with Crippen molar-refractivity contribution in [2.24, 2.45) is 10.7 Å². The zero-order valence-electron chi connectivity index (χ0n) is 21.1. The largest absolute Gasteiger partial charge is 0.467 e. The summed E-state index contributed by atoms with van der Waals surface area (Å²) in [7, 11) is 3.53. The van der Waals surface area contributed by atoms with Crippen molar-refractivity contribution in [1.29, 1.82) is 0 Å². The van der Waals surface area contributed by atoms with Crippen LogP contribution in [0.2, 0.25) is 0 Å². The van der Waals surface area contributed by atoms with Gasteiger partial charge in [-0.25, -0.2) is 4.39 Å². The third kappa shape index (κ3) is 5.08. The van der Waals surface area contributed by atoms with Crippen LogP contribution in [0.25, 0.3) is 0 Å². The summed E-state index contributed by atoms with van der Waals surface area (Å²) in [6.07, 6.45) is 2.05. The Kier molecular flexibility index (Phi) is 7.90. The van der Waals surface area contributed by atoms with E-state index in [0.717, 1.165) is 35.5 Å². The van der Waals surface area contributed by atoms with Crippen LogP contribution in [0.4, 0.5) is 10.2 Å². The molecule has 0 spiro atoms. The van der Waals surface area contributed by atoms with Crippen LogP contribution in [-0.2, 0) is 24.2 Å². The fourth-order valence-electron chi connectivity index (χ4n) is 4.88. The quantitative estimate of drug-likeness (QED) is 0.588. The van der Waals surface area contributed by atoms with E-state index >= 15 is 4.39 Å². The fraction of sp³-hybridized carbons (Fsp3) is 0.462. The second-order valence-corrected chi connectivity index (χ2v) is 9.53. The standard InChI is InChI=1S/C26H32ClFN6O2/c1-5-16-8-6-9-18(28)22(16)21-12-19-17(13-33(21)3)25(32-26(31-19)36-4)34-11-7-10-30-20(14-34)23(27)24(29)15(2)35/h6,8-9,21H,5,7,10-14,29H2,1-4H3/b24-23+. The minimum Gasteiger partial charge on any atom is -0.467 e. The Morgan fingerprint density at radius 1 is 1.31 bits per heavy atom. The van der Waals surface area contributed by atoms with Crippen molar-refractivity contribution in [3.8, 4) is 6.01 Å². The van der Waals surface area contributed by atoms with Gasteiger partial charge in [0.1, 0.15) is 11.6 Å². The van der Waals surface area contributed by atoms with Gasteiger partial charge < -0.3 is 15.4 Å². The van der Waals surface area contributed by atoms with E-state index in [1.54, 1.807) is 6.07 Å². The van der Waals surface area contributed by atoms with Crippen molar-refractivity contribution in [1.82, 2.24) is 14.9 Å². The molecule has 192 valence electrons. The van der Waals surface area contributed by atoms with Gasteiger partial charge in [-0.3, -0.25) is 14.7 Å². The monoisotopic (exact) mass is 514 g/mol. The number of aromatic nitrogens is 2. The number of aryl methyl sites for hydroxylation is 1. The first-order valence-electron chi connectivity index (χ1n) is 12.1. The zero-order chi connectivity index (χ0) is 26.0. The van der Waals surface area contributed by atoms with Crippen LogP contribution < -0.4 is 15.4 Å². The van der Waals surface area contributed by atoms with E-state index in [2.05, 4.69) is 19.8 Å². The molecular formula is C26H32ClFN6O2. The van der Waals surface area contributed by atoms with Gasteiger partial charge in [0.25, 0.3) is 0 Å². The van der Waals surface area contributed by atoms with Crippen molar-refractivity contribution >= 4 is 28.9 Å². The van der Waals surface area contributed by atoms with E-state index < -0.39 is 0 Å². The summed E-state index contributed by atoms with van der Waals surface area (Å²) in [6.45, 7) is 5.55. The lowest BCUT2D eigenvalue weighted by Gasteiger charge is -2.37. The van der Waals surface area contributed by atoms with Crippen LogP contribution in [0.3, 0.4) is 0 Å². The Morgan fingerprint density at radius 3 is 2.78 bits per heavy atom. The topological polar surface area (TPSA) is 96.9 Å². The number of methoxy groups -OCH3 is 1. The number of carbonyl (C=O) groups is 1. The van der Waals surface area contributed by atoms with Crippen LogP contribution in [-0.4, -0.2) is 60.2 Å². The first-order valence-corrected chi connectivity index (χ1v) is 12.5. The van der Waals surface area contributed by atoms with Crippen LogP contribution in [0.5, 0.6) is 6.01 Å². The number of fused-ring (bicyclic) bond motifs is 1. The van der Waals surface area contributed by atoms with Gasteiger partial charge in [-0.2, -0.15) is 9.97 Å². The summed E-state index contributed by atoms with van der Waals surface area (Å²) in [5, 5.41) is 0.174. The maximum atomic E-state index is 15.0. The number of nitrogens with zero attached hydrogens (tertiary/aromatic N) is 5. The van der Waals surface area contributed by atoms with Gasteiger partial charge in [-0.1, -0.05) is 30.7 Å². The number of likely N-dealkylation sites (N-methyl/N-ethyl adjacent to an activating group) is 1. The highest BCUT2D eigenvalue weighted by atomic mass is 35.5. The second-order valence-electron chi connectivity index (χ2n) is 9.15. The van der Waals surface area contributed by atoms with Crippen LogP contribution in [0, 0.1) is 5.82 Å². The zero-order valence-corrected chi connectivity index (χ0v) is 21.9. The summed E-state index contributed by atoms with van der Waals surface area (Å²) >= 11 is 6.46. The molecule has 0 bridgehead atoms. The molecule has 4 rings (SSSR count). The van der Waals surface area contributed by atoms with E-state index in [-0.39, 0.29) is 34.4 Å². The molecule has 1 aromatic heterocycles. The van der Waals surface area contributed by atoms with Gasteiger partial charge in [-0.05, 0) is 31.5 Å². The predicted molar refractivity (Wildman–Crippen MR) is 139 cm³/mol. The van der Waals surface area contributed by atoms with Crippen LogP contribution in [0.15, 0.2) is 33.9 Å². The molecule has 0 radical (unpaired) electrons. The minimum absolute atomic E-state index is 0.00115. The molecule has 8 nitrogen and oxygen atoms in total. The molecule has 0 fully saturated rings. The number of anilines is 1. The lowest BCUT2D eigenvalue weighted by molar-refractivity contribution is -0.113. The Balaban J connectivity index is 1.74. The number of aliphatic imine (C=N–C) groups is 1. The van der Waals surface area contributed by atoms with Crippen molar-refractivity contribution in [3.05, 3.63) is 57.1 Å². The number of rotatable bonds is 6. The number of allylic oxidation sites excluding steroid dienone is 1. The van der Waals surface area contributed by atoms with Crippen molar-refractivity contribution in [2.45, 2.75) is 45.7 Å². The van der Waals surface area contributed by atoms with Crippen LogP contribution >= 0.6 is 11.6 Å². The highest BCUT2D eigenvalue weighted by Gasteiger charge is 2.33. The number of ether oxygens (including phenoxy) is 1.